The summed E-state index contributed by atoms with van der Waals surface area (Å²) in [6.45, 7) is -0.796. The van der Waals surface area contributed by atoms with Crippen molar-refractivity contribution in [1.82, 2.24) is 10.9 Å². The first-order chi connectivity index (χ1) is 12.7. The summed E-state index contributed by atoms with van der Waals surface area (Å²) in [5.41, 5.74) is 2.95. The lowest BCUT2D eigenvalue weighted by atomic mass is 10.1. The van der Waals surface area contributed by atoms with Gasteiger partial charge >= 0.3 is 12.1 Å². The monoisotopic (exact) mass is 400 g/mol. The summed E-state index contributed by atoms with van der Waals surface area (Å²) in [5.74, 6) is -2.62. The van der Waals surface area contributed by atoms with Crippen molar-refractivity contribution in [2.24, 2.45) is 0 Å². The summed E-state index contributed by atoms with van der Waals surface area (Å²) in [6.07, 6.45) is -4.61. The molecule has 0 spiro atoms. The lowest BCUT2D eigenvalue weighted by Gasteiger charge is -2.10. The van der Waals surface area contributed by atoms with Crippen molar-refractivity contribution >= 4 is 29.4 Å². The fraction of sp³-hybridized carbons (Fsp3) is 0.118. The summed E-state index contributed by atoms with van der Waals surface area (Å²) in [7, 11) is 0. The van der Waals surface area contributed by atoms with Gasteiger partial charge in [-0.05, 0) is 42.5 Å². The maximum atomic E-state index is 12.6. The molecule has 0 saturated carbocycles. The highest BCUT2D eigenvalue weighted by molar-refractivity contribution is 6.30. The molecule has 2 rings (SSSR count). The number of alkyl halides is 3. The number of nitrogens with one attached hydrogen (secondary N) is 2. The zero-order valence-electron chi connectivity index (χ0n) is 13.5. The Morgan fingerprint density at radius 1 is 0.963 bits per heavy atom. The zero-order valence-corrected chi connectivity index (χ0v) is 14.2. The topological polar surface area (TPSA) is 84.5 Å². The molecule has 2 N–H and O–H groups in total. The van der Waals surface area contributed by atoms with E-state index in [0.717, 1.165) is 18.2 Å². The second kappa shape index (κ2) is 8.54. The van der Waals surface area contributed by atoms with Gasteiger partial charge in [0.05, 0.1) is 11.1 Å². The Morgan fingerprint density at radius 3 is 2.26 bits per heavy atom. The van der Waals surface area contributed by atoms with Gasteiger partial charge in [-0.1, -0.05) is 17.7 Å². The Labute approximate surface area is 156 Å². The molecule has 10 heteroatoms. The lowest BCUT2D eigenvalue weighted by Crippen LogP contribution is -2.43. The number of hydrogen-bond donors (Lipinski definition) is 2. The molecule has 6 nitrogen and oxygen atoms in total. The molecule has 0 atom stereocenters. The number of esters is 1. The fourth-order valence-electron chi connectivity index (χ4n) is 1.87. The van der Waals surface area contributed by atoms with Crippen molar-refractivity contribution in [2.75, 3.05) is 6.61 Å². The van der Waals surface area contributed by atoms with Crippen LogP contribution in [0.2, 0.25) is 5.02 Å². The van der Waals surface area contributed by atoms with E-state index in [1.807, 2.05) is 5.43 Å². The standard InChI is InChI=1S/C17H12ClF3N2O4/c18-13-6-4-10(5-7-13)15(25)23-22-14(24)9-27-16(26)11-2-1-3-12(8-11)17(19,20)21/h1-8H,9H2,(H,22,24)(H,23,25). The lowest BCUT2D eigenvalue weighted by molar-refractivity contribution is -0.137. The van der Waals surface area contributed by atoms with Crippen LogP contribution < -0.4 is 10.9 Å². The Morgan fingerprint density at radius 2 is 1.63 bits per heavy atom. The number of rotatable bonds is 4. The van der Waals surface area contributed by atoms with E-state index >= 15 is 0 Å². The summed E-state index contributed by atoms with van der Waals surface area (Å²) in [4.78, 5) is 35.1. The van der Waals surface area contributed by atoms with Gasteiger partial charge in [0.1, 0.15) is 0 Å². The third-order valence-electron chi connectivity index (χ3n) is 3.18. The van der Waals surface area contributed by atoms with Crippen LogP contribution in [-0.4, -0.2) is 24.4 Å². The number of hydrogen-bond acceptors (Lipinski definition) is 4. The minimum atomic E-state index is -4.61. The Hall–Kier alpha value is -3.07. The molecule has 0 heterocycles. The molecule has 0 bridgehead atoms. The van der Waals surface area contributed by atoms with Gasteiger partial charge < -0.3 is 4.74 Å². The van der Waals surface area contributed by atoms with E-state index in [2.05, 4.69) is 10.2 Å². The summed E-state index contributed by atoms with van der Waals surface area (Å²) >= 11 is 5.69. The van der Waals surface area contributed by atoms with Gasteiger partial charge in [0.2, 0.25) is 0 Å². The Balaban J connectivity index is 1.84. The smallest absolute Gasteiger partial charge is 0.416 e. The molecule has 27 heavy (non-hydrogen) atoms. The summed E-state index contributed by atoms with van der Waals surface area (Å²) in [5, 5.41) is 0.428. The number of benzene rings is 2. The molecule has 0 saturated heterocycles. The second-order valence-electron chi connectivity index (χ2n) is 5.16. The van der Waals surface area contributed by atoms with Crippen LogP contribution in [0.3, 0.4) is 0 Å². The van der Waals surface area contributed by atoms with Crippen molar-refractivity contribution in [3.05, 3.63) is 70.2 Å². The van der Waals surface area contributed by atoms with Crippen LogP contribution >= 0.6 is 11.6 Å². The normalized spacial score (nSPS) is 10.8. The van der Waals surface area contributed by atoms with Gasteiger partial charge in [0, 0.05) is 10.6 Å². The average Bonchev–Trinajstić information content (AvgIpc) is 2.64. The molecule has 0 aliphatic heterocycles. The zero-order chi connectivity index (χ0) is 20.0. The van der Waals surface area contributed by atoms with Crippen molar-refractivity contribution in [1.29, 1.82) is 0 Å². The second-order valence-corrected chi connectivity index (χ2v) is 5.60. The first-order valence-electron chi connectivity index (χ1n) is 7.36. The highest BCUT2D eigenvalue weighted by atomic mass is 35.5. The van der Waals surface area contributed by atoms with E-state index < -0.39 is 36.1 Å². The van der Waals surface area contributed by atoms with Crippen LogP contribution in [0.4, 0.5) is 13.2 Å². The Kier molecular flexibility index (Phi) is 6.40. The SMILES string of the molecule is O=C(COC(=O)c1cccc(C(F)(F)F)c1)NNC(=O)c1ccc(Cl)cc1. The first-order valence-corrected chi connectivity index (χ1v) is 7.74. The molecule has 0 aliphatic carbocycles. The molecular weight excluding hydrogens is 389 g/mol. The molecule has 2 amide bonds. The number of halogens is 4. The highest BCUT2D eigenvalue weighted by Gasteiger charge is 2.31. The molecular formula is C17H12ClF3N2O4. The number of carbonyl (C=O) groups excluding carboxylic acids is 3. The number of amides is 2. The predicted molar refractivity (Wildman–Crippen MR) is 88.8 cm³/mol. The van der Waals surface area contributed by atoms with Crippen LogP contribution in [-0.2, 0) is 15.7 Å². The van der Waals surface area contributed by atoms with Gasteiger partial charge in [0.25, 0.3) is 11.8 Å². The van der Waals surface area contributed by atoms with Gasteiger partial charge in [0.15, 0.2) is 6.61 Å². The van der Waals surface area contributed by atoms with E-state index in [9.17, 15) is 27.6 Å². The van der Waals surface area contributed by atoms with Gasteiger partial charge in [-0.3, -0.25) is 20.4 Å². The third-order valence-corrected chi connectivity index (χ3v) is 3.43. The van der Waals surface area contributed by atoms with Crippen molar-refractivity contribution in [3.8, 4) is 0 Å². The average molecular weight is 401 g/mol. The van der Waals surface area contributed by atoms with Crippen molar-refractivity contribution in [3.63, 3.8) is 0 Å². The number of carbonyl (C=O) groups is 3. The van der Waals surface area contributed by atoms with Crippen LogP contribution in [0.1, 0.15) is 26.3 Å². The minimum Gasteiger partial charge on any atom is -0.452 e. The van der Waals surface area contributed by atoms with Crippen LogP contribution in [0, 0.1) is 0 Å². The maximum Gasteiger partial charge on any atom is 0.416 e. The maximum absolute atomic E-state index is 12.6. The molecule has 142 valence electrons. The quantitative estimate of drug-likeness (QED) is 0.610. The first kappa shape index (κ1) is 20.2. The minimum absolute atomic E-state index is 0.223. The third kappa shape index (κ3) is 6.00. The molecule has 2 aromatic carbocycles. The van der Waals surface area contributed by atoms with E-state index in [4.69, 9.17) is 11.6 Å². The van der Waals surface area contributed by atoms with Crippen molar-refractivity contribution < 1.29 is 32.3 Å². The molecule has 0 aliphatic rings. The molecule has 0 aromatic heterocycles. The van der Waals surface area contributed by atoms with E-state index in [1.54, 1.807) is 0 Å². The molecule has 0 unspecified atom stereocenters. The van der Waals surface area contributed by atoms with E-state index in [1.165, 1.54) is 24.3 Å². The number of hydrazine groups is 1. The summed E-state index contributed by atoms with van der Waals surface area (Å²) in [6, 6.07) is 9.40. The molecule has 2 aromatic rings. The van der Waals surface area contributed by atoms with Gasteiger partial charge in [-0.2, -0.15) is 13.2 Å². The van der Waals surface area contributed by atoms with Crippen LogP contribution in [0.5, 0.6) is 0 Å². The van der Waals surface area contributed by atoms with Gasteiger partial charge in [-0.25, -0.2) is 4.79 Å². The van der Waals surface area contributed by atoms with E-state index in [0.29, 0.717) is 11.1 Å². The molecule has 0 radical (unpaired) electrons. The van der Waals surface area contributed by atoms with Crippen molar-refractivity contribution in [2.45, 2.75) is 6.18 Å². The fourth-order valence-corrected chi connectivity index (χ4v) is 2.00. The highest BCUT2D eigenvalue weighted by Crippen LogP contribution is 2.29. The van der Waals surface area contributed by atoms with Crippen LogP contribution in [0.15, 0.2) is 48.5 Å². The largest absolute Gasteiger partial charge is 0.452 e. The predicted octanol–water partition coefficient (Wildman–Crippen LogP) is 2.98. The summed E-state index contributed by atoms with van der Waals surface area (Å²) < 4.78 is 42.5. The Bertz CT molecular complexity index is 854. The van der Waals surface area contributed by atoms with E-state index in [-0.39, 0.29) is 11.1 Å². The van der Waals surface area contributed by atoms with Crippen LogP contribution in [0.25, 0.3) is 0 Å². The molecule has 0 fully saturated rings. The number of ether oxygens (including phenoxy) is 1. The van der Waals surface area contributed by atoms with Gasteiger partial charge in [-0.15, -0.1) is 0 Å².